The van der Waals surface area contributed by atoms with Gasteiger partial charge >= 0.3 is 0 Å². The summed E-state index contributed by atoms with van der Waals surface area (Å²) in [7, 11) is 0. The van der Waals surface area contributed by atoms with Crippen LogP contribution in [0.2, 0.25) is 15.1 Å². The molecule has 1 heterocycles. The second-order valence-electron chi connectivity index (χ2n) is 5.78. The summed E-state index contributed by atoms with van der Waals surface area (Å²) in [6.07, 6.45) is -0.0780. The molecule has 2 aromatic carbocycles. The molecule has 0 N–H and O–H groups in total. The summed E-state index contributed by atoms with van der Waals surface area (Å²) in [5.74, 6) is -0.400. The van der Waals surface area contributed by atoms with Crippen LogP contribution in [0.4, 0.5) is 11.4 Å². The molecule has 134 valence electrons. The monoisotopic (exact) mass is 409 g/mol. The van der Waals surface area contributed by atoms with Crippen molar-refractivity contribution in [2.24, 2.45) is 5.10 Å². The molecule has 0 radical (unpaired) electrons. The van der Waals surface area contributed by atoms with Crippen LogP contribution in [0.1, 0.15) is 18.9 Å². The van der Waals surface area contributed by atoms with Crippen molar-refractivity contribution in [3.05, 3.63) is 57.0 Å². The molecule has 0 atom stereocenters. The number of halogens is 3. The van der Waals surface area contributed by atoms with E-state index < -0.39 is 0 Å². The number of nitrogens with zero attached hydrogens (tertiary/aromatic N) is 3. The van der Waals surface area contributed by atoms with Crippen LogP contribution in [-0.4, -0.2) is 17.6 Å². The molecule has 0 bridgehead atoms. The average molecular weight is 411 g/mol. The van der Waals surface area contributed by atoms with Crippen LogP contribution in [0, 0.1) is 6.92 Å². The molecule has 8 heteroatoms. The first-order valence-electron chi connectivity index (χ1n) is 7.71. The Bertz CT molecular complexity index is 923. The number of para-hydroxylation sites is 1. The van der Waals surface area contributed by atoms with Gasteiger partial charge < -0.3 is 0 Å². The number of benzene rings is 2. The van der Waals surface area contributed by atoms with E-state index in [2.05, 4.69) is 5.10 Å². The molecular formula is C18H14Cl3N3O2. The fraction of sp³-hybridized carbons (Fsp3) is 0.167. The van der Waals surface area contributed by atoms with Crippen LogP contribution in [0.25, 0.3) is 0 Å². The van der Waals surface area contributed by atoms with Gasteiger partial charge in [-0.2, -0.15) is 10.1 Å². The normalized spacial score (nSPS) is 13.8. The highest BCUT2D eigenvalue weighted by atomic mass is 35.5. The van der Waals surface area contributed by atoms with Crippen LogP contribution in [0.5, 0.6) is 0 Å². The first-order valence-corrected chi connectivity index (χ1v) is 8.84. The van der Waals surface area contributed by atoms with E-state index >= 15 is 0 Å². The van der Waals surface area contributed by atoms with Crippen molar-refractivity contribution >= 4 is 63.8 Å². The highest BCUT2D eigenvalue weighted by molar-refractivity contribution is 6.41. The second kappa shape index (κ2) is 7.27. The predicted octanol–water partition coefficient (Wildman–Crippen LogP) is 5.06. The third kappa shape index (κ3) is 3.43. The number of amides is 2. The molecule has 0 saturated heterocycles. The standard InChI is InChI=1S/C18H14Cl3N3O2/c1-10-6-7-15(14(21)8-10)23(11(2)25)16-9-17(26)24(22-16)18-12(19)4-3-5-13(18)20/h3-8H,9H2,1-2H3. The van der Waals surface area contributed by atoms with Crippen LogP contribution in [-0.2, 0) is 9.59 Å². The van der Waals surface area contributed by atoms with Crippen LogP contribution >= 0.6 is 34.8 Å². The second-order valence-corrected chi connectivity index (χ2v) is 7.00. The van der Waals surface area contributed by atoms with Gasteiger partial charge in [0, 0.05) is 6.92 Å². The lowest BCUT2D eigenvalue weighted by Crippen LogP contribution is -2.34. The maximum Gasteiger partial charge on any atom is 0.255 e. The topological polar surface area (TPSA) is 53.0 Å². The summed E-state index contributed by atoms with van der Waals surface area (Å²) >= 11 is 18.6. The Hall–Kier alpha value is -2.08. The maximum atomic E-state index is 12.5. The summed E-state index contributed by atoms with van der Waals surface area (Å²) in [6.45, 7) is 3.28. The summed E-state index contributed by atoms with van der Waals surface area (Å²) in [4.78, 5) is 26.1. The van der Waals surface area contributed by atoms with Crippen molar-refractivity contribution in [3.8, 4) is 0 Å². The summed E-state index contributed by atoms with van der Waals surface area (Å²) in [6, 6.07) is 10.2. The van der Waals surface area contributed by atoms with E-state index in [1.165, 1.54) is 11.8 Å². The van der Waals surface area contributed by atoms with Gasteiger partial charge in [0.15, 0.2) is 0 Å². The molecule has 5 nitrogen and oxygen atoms in total. The van der Waals surface area contributed by atoms with E-state index in [0.717, 1.165) is 10.6 Å². The van der Waals surface area contributed by atoms with Gasteiger partial charge in [-0.25, -0.2) is 0 Å². The minimum Gasteiger partial charge on any atom is -0.274 e. The quantitative estimate of drug-likeness (QED) is 0.695. The number of rotatable bonds is 2. The molecule has 0 saturated carbocycles. The van der Waals surface area contributed by atoms with Gasteiger partial charge in [-0.3, -0.25) is 14.5 Å². The number of amidine groups is 1. The Morgan fingerprint density at radius 3 is 2.35 bits per heavy atom. The fourth-order valence-corrected chi connectivity index (χ4v) is 3.57. The molecule has 0 unspecified atom stereocenters. The van der Waals surface area contributed by atoms with Crippen molar-refractivity contribution < 1.29 is 9.59 Å². The summed E-state index contributed by atoms with van der Waals surface area (Å²) in [5.41, 5.74) is 1.70. The number of hydrogen-bond donors (Lipinski definition) is 0. The molecule has 3 rings (SSSR count). The molecule has 0 aromatic heterocycles. The zero-order chi connectivity index (χ0) is 19.0. The molecule has 0 aliphatic carbocycles. The van der Waals surface area contributed by atoms with Crippen molar-refractivity contribution in [2.75, 3.05) is 9.91 Å². The SMILES string of the molecule is CC(=O)N(C1=NN(c2c(Cl)cccc2Cl)C(=O)C1)c1ccc(C)cc1Cl. The number of carbonyl (C=O) groups is 2. The molecular weight excluding hydrogens is 397 g/mol. The number of aryl methyl sites for hydroxylation is 1. The predicted molar refractivity (Wildman–Crippen MR) is 105 cm³/mol. The zero-order valence-electron chi connectivity index (χ0n) is 14.0. The first-order chi connectivity index (χ1) is 12.3. The first kappa shape index (κ1) is 18.7. The maximum absolute atomic E-state index is 12.5. The van der Waals surface area contributed by atoms with Crippen LogP contribution in [0.15, 0.2) is 41.5 Å². The average Bonchev–Trinajstić information content (AvgIpc) is 2.90. The van der Waals surface area contributed by atoms with E-state index in [-0.39, 0.29) is 29.8 Å². The number of hydrazone groups is 1. The van der Waals surface area contributed by atoms with Gasteiger partial charge in [-0.05, 0) is 36.8 Å². The number of anilines is 2. The summed E-state index contributed by atoms with van der Waals surface area (Å²) in [5, 5.41) is 6.40. The fourth-order valence-electron chi connectivity index (χ4n) is 2.69. The van der Waals surface area contributed by atoms with Crippen LogP contribution < -0.4 is 9.91 Å². The molecule has 0 fully saturated rings. The zero-order valence-corrected chi connectivity index (χ0v) is 16.2. The highest BCUT2D eigenvalue weighted by Gasteiger charge is 2.33. The van der Waals surface area contributed by atoms with Crippen molar-refractivity contribution in [2.45, 2.75) is 20.3 Å². The smallest absolute Gasteiger partial charge is 0.255 e. The van der Waals surface area contributed by atoms with Gasteiger partial charge in [0.05, 0.1) is 27.2 Å². The van der Waals surface area contributed by atoms with Gasteiger partial charge in [0.25, 0.3) is 5.91 Å². The Morgan fingerprint density at radius 1 is 1.12 bits per heavy atom. The lowest BCUT2D eigenvalue weighted by molar-refractivity contribution is -0.116. The van der Waals surface area contributed by atoms with Crippen LogP contribution in [0.3, 0.4) is 0 Å². The van der Waals surface area contributed by atoms with E-state index in [1.54, 1.807) is 30.3 Å². The highest BCUT2D eigenvalue weighted by Crippen LogP contribution is 2.37. The third-order valence-electron chi connectivity index (χ3n) is 3.83. The van der Waals surface area contributed by atoms with Crippen molar-refractivity contribution in [1.29, 1.82) is 0 Å². The Balaban J connectivity index is 2.07. The summed E-state index contributed by atoms with van der Waals surface area (Å²) < 4.78 is 0. The van der Waals surface area contributed by atoms with Crippen molar-refractivity contribution in [1.82, 2.24) is 0 Å². The largest absolute Gasteiger partial charge is 0.274 e. The van der Waals surface area contributed by atoms with E-state index in [4.69, 9.17) is 34.8 Å². The van der Waals surface area contributed by atoms with Gasteiger partial charge in [-0.1, -0.05) is 46.9 Å². The van der Waals surface area contributed by atoms with Gasteiger partial charge in [0.2, 0.25) is 5.91 Å². The molecule has 2 amide bonds. The lowest BCUT2D eigenvalue weighted by atomic mass is 10.2. The Morgan fingerprint density at radius 2 is 1.77 bits per heavy atom. The molecule has 0 spiro atoms. The molecule has 1 aliphatic heterocycles. The van der Waals surface area contributed by atoms with Crippen molar-refractivity contribution in [3.63, 3.8) is 0 Å². The van der Waals surface area contributed by atoms with Gasteiger partial charge in [-0.15, -0.1) is 0 Å². The minimum absolute atomic E-state index is 0.0780. The Labute approximate surface area is 165 Å². The Kier molecular flexibility index (Phi) is 5.23. The number of hydrogen-bond acceptors (Lipinski definition) is 3. The van der Waals surface area contributed by atoms with E-state index in [0.29, 0.717) is 20.8 Å². The van der Waals surface area contributed by atoms with E-state index in [9.17, 15) is 9.59 Å². The van der Waals surface area contributed by atoms with Gasteiger partial charge in [0.1, 0.15) is 11.5 Å². The minimum atomic E-state index is -0.343. The lowest BCUT2D eigenvalue weighted by Gasteiger charge is -2.21. The molecule has 2 aromatic rings. The number of carbonyl (C=O) groups excluding carboxylic acids is 2. The molecule has 1 aliphatic rings. The molecule has 26 heavy (non-hydrogen) atoms. The van der Waals surface area contributed by atoms with E-state index in [1.807, 2.05) is 13.0 Å². The third-order valence-corrected chi connectivity index (χ3v) is 4.74.